The zero-order chi connectivity index (χ0) is 16.9. The number of aliphatic hydroxyl groups is 1. The Morgan fingerprint density at radius 2 is 2.08 bits per heavy atom. The number of hydrogen-bond donors (Lipinski definition) is 2. The van der Waals surface area contributed by atoms with Gasteiger partial charge in [0, 0.05) is 32.8 Å². The van der Waals surface area contributed by atoms with E-state index in [4.69, 9.17) is 5.11 Å². The summed E-state index contributed by atoms with van der Waals surface area (Å²) < 4.78 is 1.96. The van der Waals surface area contributed by atoms with Crippen LogP contribution in [0.5, 0.6) is 0 Å². The Hall–Kier alpha value is -1.89. The van der Waals surface area contributed by atoms with Crippen LogP contribution < -0.4 is 5.32 Å². The Labute approximate surface area is 142 Å². The summed E-state index contributed by atoms with van der Waals surface area (Å²) in [6.07, 6.45) is 6.83. The zero-order valence-electron chi connectivity index (χ0n) is 14.0. The molecule has 1 aromatic heterocycles. The number of nitrogens with zero attached hydrogens (tertiary/aromatic N) is 3. The minimum Gasteiger partial charge on any atom is -0.396 e. The number of fused-ring (bicyclic) bond motifs is 1. The minimum atomic E-state index is -0.161. The fraction of sp³-hybridized carbons (Fsp3) is 0.706. The largest absolute Gasteiger partial charge is 0.396 e. The summed E-state index contributed by atoms with van der Waals surface area (Å²) in [6.45, 7) is 3.07. The lowest BCUT2D eigenvalue weighted by Gasteiger charge is -2.27. The van der Waals surface area contributed by atoms with Gasteiger partial charge in [0.1, 0.15) is 5.69 Å². The van der Waals surface area contributed by atoms with Gasteiger partial charge in [-0.1, -0.05) is 0 Å². The predicted molar refractivity (Wildman–Crippen MR) is 88.5 cm³/mol. The molecule has 2 aliphatic rings. The molecule has 2 aliphatic heterocycles. The number of hydrogen-bond acceptors (Lipinski definition) is 4. The fourth-order valence-corrected chi connectivity index (χ4v) is 3.58. The molecule has 1 unspecified atom stereocenters. The number of unbranched alkanes of at least 4 members (excludes halogenated alkanes) is 1. The number of nitrogens with one attached hydrogen (secondary N) is 1. The molecule has 0 bridgehead atoms. The van der Waals surface area contributed by atoms with E-state index in [2.05, 4.69) is 10.3 Å². The molecule has 1 saturated heterocycles. The maximum atomic E-state index is 12.5. The lowest BCUT2D eigenvalue weighted by molar-refractivity contribution is -0.135. The van der Waals surface area contributed by atoms with Gasteiger partial charge in [-0.2, -0.15) is 0 Å². The molecule has 1 atom stereocenters. The van der Waals surface area contributed by atoms with Crippen LogP contribution in [0.15, 0.2) is 6.33 Å². The second-order valence-electron chi connectivity index (χ2n) is 6.65. The number of carbonyl (C=O) groups is 2. The Bertz CT molecular complexity index is 593. The molecule has 1 fully saturated rings. The van der Waals surface area contributed by atoms with E-state index in [0.29, 0.717) is 31.6 Å². The number of aliphatic hydroxyl groups excluding tert-OH is 1. The lowest BCUT2D eigenvalue weighted by Crippen LogP contribution is -2.38. The van der Waals surface area contributed by atoms with E-state index in [1.165, 1.54) is 0 Å². The first-order valence-corrected chi connectivity index (χ1v) is 8.92. The zero-order valence-corrected chi connectivity index (χ0v) is 14.0. The number of rotatable bonds is 6. The van der Waals surface area contributed by atoms with E-state index in [0.717, 1.165) is 44.5 Å². The van der Waals surface area contributed by atoms with Crippen molar-refractivity contribution in [2.75, 3.05) is 26.2 Å². The van der Waals surface area contributed by atoms with Crippen LogP contribution in [-0.4, -0.2) is 57.6 Å². The highest BCUT2D eigenvalue weighted by molar-refractivity contribution is 5.93. The molecule has 132 valence electrons. The Kier molecular flexibility index (Phi) is 5.50. The van der Waals surface area contributed by atoms with Crippen molar-refractivity contribution in [3.05, 3.63) is 17.7 Å². The summed E-state index contributed by atoms with van der Waals surface area (Å²) >= 11 is 0. The van der Waals surface area contributed by atoms with Crippen LogP contribution in [0.1, 0.15) is 48.3 Å². The molecular formula is C17H26N4O3. The summed E-state index contributed by atoms with van der Waals surface area (Å²) in [4.78, 5) is 31.0. The molecule has 3 rings (SSSR count). The molecule has 7 heteroatoms. The third-order valence-electron chi connectivity index (χ3n) is 4.95. The number of likely N-dealkylation sites (tertiary alicyclic amines) is 1. The van der Waals surface area contributed by atoms with Gasteiger partial charge < -0.3 is 19.9 Å². The number of aromatic nitrogens is 2. The molecule has 2 amide bonds. The minimum absolute atomic E-state index is 0.00488. The molecule has 0 radical (unpaired) electrons. The molecular weight excluding hydrogens is 308 g/mol. The highest BCUT2D eigenvalue weighted by Crippen LogP contribution is 2.25. The van der Waals surface area contributed by atoms with Crippen molar-refractivity contribution < 1.29 is 14.7 Å². The van der Waals surface area contributed by atoms with E-state index < -0.39 is 0 Å². The van der Waals surface area contributed by atoms with Crippen molar-refractivity contribution in [2.24, 2.45) is 5.92 Å². The third kappa shape index (κ3) is 3.61. The molecule has 0 aromatic carbocycles. The van der Waals surface area contributed by atoms with Gasteiger partial charge in [0.05, 0.1) is 17.9 Å². The van der Waals surface area contributed by atoms with Gasteiger partial charge in [-0.3, -0.25) is 9.59 Å². The average molecular weight is 334 g/mol. The average Bonchev–Trinajstić information content (AvgIpc) is 3.26. The van der Waals surface area contributed by atoms with Crippen LogP contribution in [0.2, 0.25) is 0 Å². The van der Waals surface area contributed by atoms with Gasteiger partial charge in [0.15, 0.2) is 0 Å². The molecule has 0 aliphatic carbocycles. The summed E-state index contributed by atoms with van der Waals surface area (Å²) in [6, 6.07) is 0. The standard InChI is InChI=1S/C17H26N4O3/c22-10-4-1-7-18-16(23)15-14-6-5-13(11-21(14)12-19-15)17(24)20-8-2-3-9-20/h12-13,22H,1-11H2,(H,18,23). The highest BCUT2D eigenvalue weighted by atomic mass is 16.3. The van der Waals surface area contributed by atoms with E-state index in [1.807, 2.05) is 9.47 Å². The van der Waals surface area contributed by atoms with Crippen molar-refractivity contribution in [3.8, 4) is 0 Å². The van der Waals surface area contributed by atoms with E-state index in [1.54, 1.807) is 6.33 Å². The number of amides is 2. The van der Waals surface area contributed by atoms with E-state index >= 15 is 0 Å². The van der Waals surface area contributed by atoms with Crippen LogP contribution >= 0.6 is 0 Å². The fourth-order valence-electron chi connectivity index (χ4n) is 3.58. The molecule has 7 nitrogen and oxygen atoms in total. The van der Waals surface area contributed by atoms with Gasteiger partial charge >= 0.3 is 0 Å². The molecule has 3 heterocycles. The Morgan fingerprint density at radius 1 is 1.29 bits per heavy atom. The van der Waals surface area contributed by atoms with Crippen LogP contribution in [0.25, 0.3) is 0 Å². The number of carbonyl (C=O) groups excluding carboxylic acids is 2. The first-order valence-electron chi connectivity index (χ1n) is 8.92. The van der Waals surface area contributed by atoms with Crippen LogP contribution in [-0.2, 0) is 17.8 Å². The third-order valence-corrected chi connectivity index (χ3v) is 4.95. The molecule has 1 aromatic rings. The second-order valence-corrected chi connectivity index (χ2v) is 6.65. The van der Waals surface area contributed by atoms with Gasteiger partial charge in [-0.05, 0) is 38.5 Å². The summed E-state index contributed by atoms with van der Waals surface area (Å²) in [5.41, 5.74) is 1.41. The molecule has 0 spiro atoms. The topological polar surface area (TPSA) is 87.5 Å². The van der Waals surface area contributed by atoms with Crippen LogP contribution in [0.4, 0.5) is 0 Å². The van der Waals surface area contributed by atoms with Gasteiger partial charge in [-0.25, -0.2) is 4.98 Å². The van der Waals surface area contributed by atoms with Gasteiger partial charge in [0.25, 0.3) is 5.91 Å². The lowest BCUT2D eigenvalue weighted by atomic mass is 9.95. The smallest absolute Gasteiger partial charge is 0.271 e. The summed E-state index contributed by atoms with van der Waals surface area (Å²) in [5.74, 6) is 0.0955. The molecule has 2 N–H and O–H groups in total. The Balaban J connectivity index is 1.59. The summed E-state index contributed by atoms with van der Waals surface area (Å²) in [5, 5.41) is 11.6. The first kappa shape index (κ1) is 17.0. The second kappa shape index (κ2) is 7.79. The van der Waals surface area contributed by atoms with Crippen LogP contribution in [0, 0.1) is 5.92 Å². The Morgan fingerprint density at radius 3 is 2.83 bits per heavy atom. The van der Waals surface area contributed by atoms with Crippen molar-refractivity contribution in [1.82, 2.24) is 19.8 Å². The predicted octanol–water partition coefficient (Wildman–Crippen LogP) is 0.570. The van der Waals surface area contributed by atoms with Crippen molar-refractivity contribution in [1.29, 1.82) is 0 Å². The monoisotopic (exact) mass is 334 g/mol. The normalized spacial score (nSPS) is 20.0. The molecule has 0 saturated carbocycles. The van der Waals surface area contributed by atoms with E-state index in [9.17, 15) is 9.59 Å². The quantitative estimate of drug-likeness (QED) is 0.745. The van der Waals surface area contributed by atoms with Crippen molar-refractivity contribution >= 4 is 11.8 Å². The summed E-state index contributed by atoms with van der Waals surface area (Å²) in [7, 11) is 0. The van der Waals surface area contributed by atoms with E-state index in [-0.39, 0.29) is 24.3 Å². The SMILES string of the molecule is O=C(NCCCCO)c1ncn2c1CCC(C(=O)N1CCCC1)C2. The van der Waals surface area contributed by atoms with Crippen molar-refractivity contribution in [3.63, 3.8) is 0 Å². The number of imidazole rings is 1. The highest BCUT2D eigenvalue weighted by Gasteiger charge is 2.31. The maximum Gasteiger partial charge on any atom is 0.271 e. The maximum absolute atomic E-state index is 12.5. The van der Waals surface area contributed by atoms with Crippen molar-refractivity contribution in [2.45, 2.75) is 45.1 Å². The van der Waals surface area contributed by atoms with Crippen LogP contribution in [0.3, 0.4) is 0 Å². The van der Waals surface area contributed by atoms with Gasteiger partial charge in [-0.15, -0.1) is 0 Å². The first-order chi connectivity index (χ1) is 11.7. The van der Waals surface area contributed by atoms with Gasteiger partial charge in [0.2, 0.25) is 5.91 Å². The molecule has 24 heavy (non-hydrogen) atoms.